The third kappa shape index (κ3) is 13.8. The molecule has 1 heterocycles. The number of benzene rings is 4. The molecule has 229 valence electrons. The molecule has 0 bridgehead atoms. The molecule has 1 unspecified atom stereocenters. The number of nitrogens with zero attached hydrogens (tertiary/aromatic N) is 3. The molecule has 1 atom stereocenters. The molecule has 44 heavy (non-hydrogen) atoms. The van der Waals surface area contributed by atoms with Gasteiger partial charge in [-0.3, -0.25) is 4.68 Å². The number of rotatable bonds is 5. The minimum atomic E-state index is 0. The molecule has 0 N–H and O–H groups in total. The van der Waals surface area contributed by atoms with Gasteiger partial charge in [-0.1, -0.05) is 88.2 Å². The average molecular weight is 663 g/mol. The van der Waals surface area contributed by atoms with E-state index in [0.717, 1.165) is 28.1 Å². The van der Waals surface area contributed by atoms with Crippen LogP contribution in [0.3, 0.4) is 0 Å². The van der Waals surface area contributed by atoms with Gasteiger partial charge in [-0.2, -0.15) is 79.0 Å². The van der Waals surface area contributed by atoms with Crippen molar-refractivity contribution in [2.75, 3.05) is 0 Å². The van der Waals surface area contributed by atoms with Gasteiger partial charge in [-0.05, 0) is 24.3 Å². The number of aromatic nitrogens is 2. The molecule has 1 radical (unpaired) electrons. The van der Waals surface area contributed by atoms with Crippen molar-refractivity contribution in [1.82, 2.24) is 9.78 Å². The molecule has 0 aliphatic heterocycles. The van der Waals surface area contributed by atoms with Crippen LogP contribution in [0.4, 0.5) is 5.69 Å². The number of para-hydroxylation sites is 1. The van der Waals surface area contributed by atoms with Crippen molar-refractivity contribution in [3.8, 4) is 0 Å². The Hall–Kier alpha value is -3.62. The molecule has 0 spiro atoms. The molecule has 4 aromatic carbocycles. The Bertz CT molecular complexity index is 1330. The third-order valence-corrected chi connectivity index (χ3v) is 6.64. The molecule has 4 heteroatoms. The van der Waals surface area contributed by atoms with Crippen molar-refractivity contribution in [3.63, 3.8) is 0 Å². The van der Waals surface area contributed by atoms with Crippen LogP contribution in [0.5, 0.6) is 0 Å². The largest absolute Gasteiger partial charge is 3.00 e. The molecule has 5 rings (SSSR count). The monoisotopic (exact) mass is 661 g/mol. The van der Waals surface area contributed by atoms with Crippen LogP contribution in [-0.4, -0.2) is 9.78 Å². The molecular weight excluding hydrogens is 614 g/mol. The van der Waals surface area contributed by atoms with Crippen molar-refractivity contribution in [2.24, 2.45) is 7.05 Å². The second-order valence-corrected chi connectivity index (χ2v) is 11.2. The van der Waals surface area contributed by atoms with Crippen molar-refractivity contribution in [1.29, 1.82) is 0 Å². The number of aryl methyl sites for hydroxylation is 2. The number of hydrogen-bond acceptors (Lipinski definition) is 1. The minimum absolute atomic E-state index is 0. The topological polar surface area (TPSA) is 31.9 Å². The first-order valence-corrected chi connectivity index (χ1v) is 14.9. The van der Waals surface area contributed by atoms with Crippen molar-refractivity contribution < 1.29 is 26.2 Å². The van der Waals surface area contributed by atoms with Gasteiger partial charge in [0.05, 0.1) is 5.69 Å². The SMILES string of the molecule is Cc1cn(C)nc1C(C)[N-]c1c(C(C)C)cccc1C(C)C.[CH2-]c1ccccc1.[CH2-]c1ccccc1.[CH2-]c1ccccc1.[Zr+3]. The van der Waals surface area contributed by atoms with Gasteiger partial charge in [0.15, 0.2) is 0 Å². The van der Waals surface area contributed by atoms with Crippen molar-refractivity contribution >= 4 is 5.69 Å². The maximum absolute atomic E-state index is 5.07. The van der Waals surface area contributed by atoms with E-state index in [2.05, 4.69) is 91.8 Å². The zero-order valence-electron chi connectivity index (χ0n) is 27.7. The summed E-state index contributed by atoms with van der Waals surface area (Å²) in [5.41, 5.74) is 9.29. The Morgan fingerprint density at radius 1 is 0.591 bits per heavy atom. The fourth-order valence-electron chi connectivity index (χ4n) is 4.39. The number of hydrogen-bond donors (Lipinski definition) is 0. The second kappa shape index (κ2) is 20.4. The van der Waals surface area contributed by atoms with E-state index < -0.39 is 0 Å². The van der Waals surface area contributed by atoms with Gasteiger partial charge in [-0.25, -0.2) is 0 Å². The van der Waals surface area contributed by atoms with E-state index in [1.54, 1.807) is 0 Å². The first-order chi connectivity index (χ1) is 20.5. The molecule has 5 aromatic rings. The predicted octanol–water partition coefficient (Wildman–Crippen LogP) is 11.3. The van der Waals surface area contributed by atoms with E-state index in [-0.39, 0.29) is 32.2 Å². The van der Waals surface area contributed by atoms with Crippen LogP contribution >= 0.6 is 0 Å². The Labute approximate surface area is 287 Å². The average Bonchev–Trinajstić information content (AvgIpc) is 3.33. The first kappa shape index (κ1) is 38.4. The molecule has 1 aromatic heterocycles. The molecule has 0 aliphatic rings. The molecule has 0 aliphatic carbocycles. The summed E-state index contributed by atoms with van der Waals surface area (Å²) in [4.78, 5) is 0. The first-order valence-electron chi connectivity index (χ1n) is 14.9. The van der Waals surface area contributed by atoms with E-state index in [1.165, 1.54) is 16.7 Å². The van der Waals surface area contributed by atoms with E-state index >= 15 is 0 Å². The second-order valence-electron chi connectivity index (χ2n) is 11.2. The Kier molecular flexibility index (Phi) is 17.8. The Balaban J connectivity index is 0.000000355. The summed E-state index contributed by atoms with van der Waals surface area (Å²) in [5, 5.41) is 9.65. The summed E-state index contributed by atoms with van der Waals surface area (Å²) in [5.74, 6) is 0.934. The third-order valence-electron chi connectivity index (χ3n) is 6.64. The van der Waals surface area contributed by atoms with E-state index in [1.807, 2.05) is 103 Å². The Morgan fingerprint density at radius 3 is 1.20 bits per heavy atom. The van der Waals surface area contributed by atoms with Gasteiger partial charge < -0.3 is 5.32 Å². The zero-order chi connectivity index (χ0) is 31.8. The molecule has 0 fully saturated rings. The van der Waals surface area contributed by atoms with Crippen LogP contribution < -0.4 is 0 Å². The summed E-state index contributed by atoms with van der Waals surface area (Å²) in [6.07, 6.45) is 2.05. The van der Waals surface area contributed by atoms with Crippen LogP contribution in [0.2, 0.25) is 0 Å². The van der Waals surface area contributed by atoms with E-state index in [0.29, 0.717) is 11.8 Å². The van der Waals surface area contributed by atoms with Crippen LogP contribution in [0.15, 0.2) is 115 Å². The van der Waals surface area contributed by atoms with Crippen molar-refractivity contribution in [3.05, 3.63) is 181 Å². The standard InChI is InChI=1S/C19H28N3.3C7H7.Zr/c1-12(2)16-9-8-10-17(13(3)4)19(16)20-15(6)18-14(5)11-22(7)21-18;3*1-7-5-3-2-4-6-7;/h8-13,15H,1-7H3;3*2-6H,1H2;/q4*-1;+3. The smallest absolute Gasteiger partial charge is 0.677 e. The summed E-state index contributed by atoms with van der Waals surface area (Å²) < 4.78 is 1.87. The van der Waals surface area contributed by atoms with Crippen LogP contribution in [-0.2, 0) is 33.3 Å². The minimum Gasteiger partial charge on any atom is -0.677 e. The van der Waals surface area contributed by atoms with Gasteiger partial charge in [-0.15, -0.1) is 42.1 Å². The quantitative estimate of drug-likeness (QED) is 0.172. The van der Waals surface area contributed by atoms with Crippen LogP contribution in [0.1, 0.15) is 91.6 Å². The summed E-state index contributed by atoms with van der Waals surface area (Å²) in [7, 11) is 1.96. The summed E-state index contributed by atoms with van der Waals surface area (Å²) in [6, 6.07) is 36.2. The molecule has 0 saturated heterocycles. The van der Waals surface area contributed by atoms with E-state index in [9.17, 15) is 0 Å². The van der Waals surface area contributed by atoms with Crippen LogP contribution in [0, 0.1) is 27.7 Å². The molecule has 0 amide bonds. The van der Waals surface area contributed by atoms with Gasteiger partial charge in [0.2, 0.25) is 0 Å². The molecular formula is C40H49N3Zr-. The summed E-state index contributed by atoms with van der Waals surface area (Å²) >= 11 is 0. The molecule has 3 nitrogen and oxygen atoms in total. The van der Waals surface area contributed by atoms with Gasteiger partial charge in [0, 0.05) is 13.2 Å². The Morgan fingerprint density at radius 2 is 0.955 bits per heavy atom. The predicted molar refractivity (Wildman–Crippen MR) is 187 cm³/mol. The maximum Gasteiger partial charge on any atom is 3.00 e. The van der Waals surface area contributed by atoms with E-state index in [4.69, 9.17) is 5.32 Å². The maximum atomic E-state index is 5.07. The fourth-order valence-corrected chi connectivity index (χ4v) is 4.39. The van der Waals surface area contributed by atoms with Gasteiger partial charge >= 0.3 is 26.2 Å². The van der Waals surface area contributed by atoms with Crippen LogP contribution in [0.25, 0.3) is 5.32 Å². The van der Waals surface area contributed by atoms with Crippen molar-refractivity contribution in [2.45, 2.75) is 59.4 Å². The fraction of sp³-hybridized carbons (Fsp3) is 0.250. The van der Waals surface area contributed by atoms with Gasteiger partial charge in [0.1, 0.15) is 0 Å². The normalized spacial score (nSPS) is 10.6. The van der Waals surface area contributed by atoms with Gasteiger partial charge in [0.25, 0.3) is 0 Å². The summed E-state index contributed by atoms with van der Waals surface area (Å²) in [6.45, 7) is 24.3. The zero-order valence-corrected chi connectivity index (χ0v) is 30.1. The molecule has 0 saturated carbocycles.